The molecule has 0 aliphatic rings. The Kier molecular flexibility index (Phi) is 50.8. The Balaban J connectivity index is 4.81. The minimum absolute atomic E-state index is 0.0847. The molecule has 0 aliphatic carbocycles. The Morgan fingerprint density at radius 1 is 0.456 bits per heavy atom. The number of rotatable bonds is 47. The maximum Gasteiger partial charge on any atom is 0.306 e. The number of aliphatic hydroxyl groups is 2. The predicted molar refractivity (Wildman–Crippen MR) is 296 cm³/mol. The molecule has 0 bridgehead atoms. The molecule has 0 fully saturated rings. The quantitative estimate of drug-likeness (QED) is 0.0321. The lowest BCUT2D eigenvalue weighted by atomic mass is 10.0. The molecule has 3 N–H and O–H groups in total. The van der Waals surface area contributed by atoms with Crippen molar-refractivity contribution in [1.82, 2.24) is 5.32 Å². The van der Waals surface area contributed by atoms with Gasteiger partial charge in [-0.2, -0.15) is 0 Å². The van der Waals surface area contributed by atoms with Crippen molar-refractivity contribution >= 4 is 11.9 Å². The molecule has 6 nitrogen and oxygen atoms in total. The average molecular weight is 940 g/mol. The molecular weight excluding hydrogens is 839 g/mol. The molecule has 384 valence electrons. The summed E-state index contributed by atoms with van der Waals surface area (Å²) in [5.41, 5.74) is 0. The predicted octanol–water partition coefficient (Wildman–Crippen LogP) is 17.0. The zero-order chi connectivity index (χ0) is 49.5. The summed E-state index contributed by atoms with van der Waals surface area (Å²) in [6.45, 7) is 6.20. The largest absolute Gasteiger partial charge is 0.458 e. The lowest BCUT2D eigenvalue weighted by Crippen LogP contribution is -2.46. The molecule has 0 rings (SSSR count). The molecule has 0 spiro atoms. The zero-order valence-electron chi connectivity index (χ0n) is 43.7. The molecule has 68 heavy (non-hydrogen) atoms. The molecule has 0 saturated heterocycles. The van der Waals surface area contributed by atoms with Crippen LogP contribution in [0.2, 0.25) is 0 Å². The first-order valence-electron chi connectivity index (χ1n) is 27.4. The number of aliphatic hydroxyl groups excluding tert-OH is 2. The molecular formula is C62H101NO5. The van der Waals surface area contributed by atoms with E-state index in [1.54, 1.807) is 6.08 Å². The summed E-state index contributed by atoms with van der Waals surface area (Å²) in [6.07, 6.45) is 77.0. The first kappa shape index (κ1) is 64.0. The van der Waals surface area contributed by atoms with Crippen molar-refractivity contribution in [3.63, 3.8) is 0 Å². The molecule has 0 aromatic rings. The lowest BCUT2D eigenvalue weighted by Gasteiger charge is -2.23. The third kappa shape index (κ3) is 48.5. The van der Waals surface area contributed by atoms with E-state index in [1.165, 1.54) is 83.5 Å². The van der Waals surface area contributed by atoms with Gasteiger partial charge in [-0.25, -0.2) is 0 Å². The smallest absolute Gasteiger partial charge is 0.306 e. The van der Waals surface area contributed by atoms with Gasteiger partial charge in [0.15, 0.2) is 0 Å². The first-order valence-corrected chi connectivity index (χ1v) is 27.4. The molecule has 0 heterocycles. The SMILES string of the molecule is CC/C=C\C/C=C\C/C=C\C/C=C\C/C=C\C/C=C\CCC(=O)OC(/C=C/C/C=C/C/C=C/C/C=C/C/C=C/CC)CC(=O)NC(CO)C(O)CCCCCCCCCCCCCCCCCC. The first-order chi connectivity index (χ1) is 33.5. The number of unbranched alkanes of at least 4 members (excludes halogenated alkanes) is 15. The number of carbonyl (C=O) groups excluding carboxylic acids is 2. The van der Waals surface area contributed by atoms with Gasteiger partial charge < -0.3 is 20.3 Å². The van der Waals surface area contributed by atoms with Crippen LogP contribution in [-0.4, -0.2) is 46.9 Å². The third-order valence-electron chi connectivity index (χ3n) is 11.5. The van der Waals surface area contributed by atoms with Crippen molar-refractivity contribution in [2.24, 2.45) is 0 Å². The van der Waals surface area contributed by atoms with E-state index < -0.39 is 18.2 Å². The number of allylic oxidation sites excluding steroid dienone is 21. The fourth-order valence-electron chi connectivity index (χ4n) is 7.42. The molecule has 0 aliphatic heterocycles. The van der Waals surface area contributed by atoms with Crippen LogP contribution in [0.1, 0.15) is 220 Å². The van der Waals surface area contributed by atoms with E-state index in [4.69, 9.17) is 4.74 Å². The van der Waals surface area contributed by atoms with Crippen LogP contribution in [0.3, 0.4) is 0 Å². The van der Waals surface area contributed by atoms with Crippen LogP contribution in [0.15, 0.2) is 134 Å². The van der Waals surface area contributed by atoms with Crippen LogP contribution < -0.4 is 5.32 Å². The molecule has 0 saturated carbocycles. The van der Waals surface area contributed by atoms with Crippen LogP contribution in [-0.2, 0) is 14.3 Å². The van der Waals surface area contributed by atoms with Gasteiger partial charge in [0.25, 0.3) is 0 Å². The number of nitrogens with one attached hydrogen (secondary N) is 1. The second-order valence-corrected chi connectivity index (χ2v) is 17.9. The van der Waals surface area contributed by atoms with Crippen molar-refractivity contribution < 1.29 is 24.5 Å². The Labute approximate surface area is 418 Å². The summed E-state index contributed by atoms with van der Waals surface area (Å²) in [7, 11) is 0. The molecule has 0 aromatic heterocycles. The van der Waals surface area contributed by atoms with E-state index in [9.17, 15) is 19.8 Å². The van der Waals surface area contributed by atoms with Crippen LogP contribution >= 0.6 is 0 Å². The molecule has 3 atom stereocenters. The molecule has 1 amide bonds. The van der Waals surface area contributed by atoms with Crippen molar-refractivity contribution in [2.45, 2.75) is 238 Å². The van der Waals surface area contributed by atoms with Gasteiger partial charge in [0.05, 0.1) is 25.2 Å². The van der Waals surface area contributed by atoms with E-state index in [0.717, 1.165) is 83.5 Å². The number of carbonyl (C=O) groups is 2. The second kappa shape index (κ2) is 53.9. The van der Waals surface area contributed by atoms with E-state index in [2.05, 4.69) is 142 Å². The summed E-state index contributed by atoms with van der Waals surface area (Å²) in [5, 5.41) is 23.8. The Hall–Kier alpha value is -4.00. The van der Waals surface area contributed by atoms with Crippen molar-refractivity contribution in [2.75, 3.05) is 6.61 Å². The van der Waals surface area contributed by atoms with E-state index in [0.29, 0.717) is 19.3 Å². The summed E-state index contributed by atoms with van der Waals surface area (Å²) in [5.74, 6) is -0.740. The monoisotopic (exact) mass is 940 g/mol. The van der Waals surface area contributed by atoms with Crippen LogP contribution in [0.5, 0.6) is 0 Å². The standard InChI is InChI=1S/C62H101NO5/c1-4-7-10-13-16-19-22-25-28-30-31-32-34-37-40-43-46-49-52-55-62(67)68-58(53-50-47-44-41-38-35-27-24-21-18-15-12-9-6-3)56-61(66)63-59(57-64)60(65)54-51-48-45-42-39-36-33-29-26-23-20-17-14-11-8-5-2/h7,9-10,12,16,18-19,21,25,27-28,31-32,35,37,40-41,44,46,49-50,53,58-60,64-65H,4-6,8,11,13-15,17,20,22-24,26,29-30,33-34,36,38-39,42-43,45,47-48,51-52,54-57H2,1-3H3,(H,63,66)/b10-7-,12-9+,19-16-,21-18+,28-25-,32-31-,35-27+,40-37-,44-41+,49-46-,53-50+. The second-order valence-electron chi connectivity index (χ2n) is 17.9. The highest BCUT2D eigenvalue weighted by Crippen LogP contribution is 2.16. The van der Waals surface area contributed by atoms with Crippen LogP contribution in [0.25, 0.3) is 0 Å². The van der Waals surface area contributed by atoms with Gasteiger partial charge in [-0.15, -0.1) is 0 Å². The van der Waals surface area contributed by atoms with E-state index >= 15 is 0 Å². The van der Waals surface area contributed by atoms with Gasteiger partial charge in [-0.05, 0) is 89.5 Å². The Morgan fingerprint density at radius 3 is 1.16 bits per heavy atom. The fraction of sp³-hybridized carbons (Fsp3) is 0.613. The minimum atomic E-state index is -0.841. The molecule has 0 aromatic carbocycles. The summed E-state index contributed by atoms with van der Waals surface area (Å²) in [6, 6.07) is -0.767. The number of amides is 1. The normalized spacial score (nSPS) is 14.2. The van der Waals surface area contributed by atoms with Gasteiger partial charge in [0.1, 0.15) is 6.10 Å². The Bertz CT molecular complexity index is 1470. The lowest BCUT2D eigenvalue weighted by molar-refractivity contribution is -0.148. The molecule has 0 radical (unpaired) electrons. The van der Waals surface area contributed by atoms with Crippen molar-refractivity contribution in [3.05, 3.63) is 134 Å². The third-order valence-corrected chi connectivity index (χ3v) is 11.5. The molecule has 6 heteroatoms. The summed E-state index contributed by atoms with van der Waals surface area (Å²) >= 11 is 0. The van der Waals surface area contributed by atoms with Crippen LogP contribution in [0.4, 0.5) is 0 Å². The highest BCUT2D eigenvalue weighted by Gasteiger charge is 2.23. The van der Waals surface area contributed by atoms with E-state index in [-0.39, 0.29) is 31.3 Å². The van der Waals surface area contributed by atoms with E-state index in [1.807, 2.05) is 12.2 Å². The van der Waals surface area contributed by atoms with Gasteiger partial charge in [0.2, 0.25) is 5.91 Å². The maximum atomic E-state index is 13.2. The van der Waals surface area contributed by atoms with Crippen LogP contribution in [0, 0.1) is 0 Å². The summed E-state index contributed by atoms with van der Waals surface area (Å²) < 4.78 is 5.79. The fourth-order valence-corrected chi connectivity index (χ4v) is 7.42. The van der Waals surface area contributed by atoms with Gasteiger partial charge >= 0.3 is 5.97 Å². The molecule has 3 unspecified atom stereocenters. The van der Waals surface area contributed by atoms with Crippen molar-refractivity contribution in [3.8, 4) is 0 Å². The number of hydrogen-bond acceptors (Lipinski definition) is 5. The minimum Gasteiger partial charge on any atom is -0.458 e. The number of ether oxygens (including phenoxy) is 1. The highest BCUT2D eigenvalue weighted by atomic mass is 16.5. The highest BCUT2D eigenvalue weighted by molar-refractivity contribution is 5.78. The average Bonchev–Trinajstić information content (AvgIpc) is 3.33. The topological polar surface area (TPSA) is 95.9 Å². The number of hydrogen-bond donors (Lipinski definition) is 3. The summed E-state index contributed by atoms with van der Waals surface area (Å²) in [4.78, 5) is 26.1. The van der Waals surface area contributed by atoms with Gasteiger partial charge in [-0.3, -0.25) is 9.59 Å². The zero-order valence-corrected chi connectivity index (χ0v) is 43.7. The van der Waals surface area contributed by atoms with Crippen molar-refractivity contribution in [1.29, 1.82) is 0 Å². The Morgan fingerprint density at radius 2 is 0.794 bits per heavy atom. The van der Waals surface area contributed by atoms with Gasteiger partial charge in [-0.1, -0.05) is 251 Å². The maximum absolute atomic E-state index is 13.2. The number of esters is 1. The van der Waals surface area contributed by atoms with Gasteiger partial charge in [0, 0.05) is 6.42 Å².